The van der Waals surface area contributed by atoms with Crippen molar-refractivity contribution in [3.63, 3.8) is 0 Å². The highest BCUT2D eigenvalue weighted by atomic mass is 16.3. The van der Waals surface area contributed by atoms with Crippen molar-refractivity contribution in [1.29, 1.82) is 0 Å². The Hall–Kier alpha value is -3.49. The molecule has 0 unspecified atom stereocenters. The SMILES string of the molecule is Cc1ccc(-n2nc(C)cc2NC(=O)[C@@H]2CC(=O)N(Cc3ccco3)C2)nn1. The van der Waals surface area contributed by atoms with E-state index in [0.29, 0.717) is 30.5 Å². The fraction of sp³-hybridized carbons (Fsp3) is 0.316. The quantitative estimate of drug-likeness (QED) is 0.724. The van der Waals surface area contributed by atoms with Gasteiger partial charge in [-0.15, -0.1) is 5.10 Å². The van der Waals surface area contributed by atoms with Crippen LogP contribution >= 0.6 is 0 Å². The average Bonchev–Trinajstić information content (AvgIpc) is 3.38. The fourth-order valence-corrected chi connectivity index (χ4v) is 3.19. The van der Waals surface area contributed by atoms with Gasteiger partial charge in [-0.1, -0.05) is 0 Å². The molecule has 0 radical (unpaired) electrons. The van der Waals surface area contributed by atoms with Crippen LogP contribution in [0.25, 0.3) is 5.82 Å². The Labute approximate surface area is 161 Å². The molecule has 1 fully saturated rings. The molecule has 28 heavy (non-hydrogen) atoms. The van der Waals surface area contributed by atoms with E-state index in [4.69, 9.17) is 4.42 Å². The van der Waals surface area contributed by atoms with Crippen molar-refractivity contribution < 1.29 is 14.0 Å². The van der Waals surface area contributed by atoms with E-state index in [-0.39, 0.29) is 18.2 Å². The largest absolute Gasteiger partial charge is 0.467 e. The zero-order chi connectivity index (χ0) is 19.7. The van der Waals surface area contributed by atoms with Crippen LogP contribution in [0.5, 0.6) is 0 Å². The van der Waals surface area contributed by atoms with Gasteiger partial charge in [0.15, 0.2) is 5.82 Å². The highest BCUT2D eigenvalue weighted by Crippen LogP contribution is 2.23. The fourth-order valence-electron chi connectivity index (χ4n) is 3.19. The number of carbonyl (C=O) groups is 2. The summed E-state index contributed by atoms with van der Waals surface area (Å²) in [4.78, 5) is 26.7. The lowest BCUT2D eigenvalue weighted by atomic mass is 10.1. The van der Waals surface area contributed by atoms with Crippen LogP contribution in [0.3, 0.4) is 0 Å². The summed E-state index contributed by atoms with van der Waals surface area (Å²) in [5.74, 6) is 0.979. The van der Waals surface area contributed by atoms with Crippen molar-refractivity contribution in [3.8, 4) is 5.82 Å². The normalized spacial score (nSPS) is 16.6. The number of rotatable bonds is 5. The number of hydrogen-bond donors (Lipinski definition) is 1. The molecule has 4 heterocycles. The van der Waals surface area contributed by atoms with Gasteiger partial charge in [-0.05, 0) is 38.1 Å². The van der Waals surface area contributed by atoms with E-state index in [0.717, 1.165) is 11.4 Å². The van der Waals surface area contributed by atoms with E-state index in [9.17, 15) is 9.59 Å². The number of furan rings is 1. The highest BCUT2D eigenvalue weighted by Gasteiger charge is 2.35. The van der Waals surface area contributed by atoms with Gasteiger partial charge in [0.25, 0.3) is 0 Å². The lowest BCUT2D eigenvalue weighted by Gasteiger charge is -2.15. The topological polar surface area (TPSA) is 106 Å². The van der Waals surface area contributed by atoms with E-state index < -0.39 is 5.92 Å². The first kappa shape index (κ1) is 17.9. The molecule has 3 aromatic rings. The standard InChI is InChI=1S/C19H20N6O3/c1-12-5-6-16(22-21-12)25-17(8-13(2)23-25)20-19(27)14-9-18(26)24(10-14)11-15-4-3-7-28-15/h3-8,14H,9-11H2,1-2H3,(H,20,27)/t14-/m1/s1. The minimum absolute atomic E-state index is 0.0642. The van der Waals surface area contributed by atoms with Gasteiger partial charge in [-0.3, -0.25) is 9.59 Å². The maximum absolute atomic E-state index is 12.8. The third-order valence-electron chi connectivity index (χ3n) is 4.60. The predicted molar refractivity (Wildman–Crippen MR) is 99.5 cm³/mol. The molecule has 9 nitrogen and oxygen atoms in total. The molecule has 0 saturated carbocycles. The summed E-state index contributed by atoms with van der Waals surface area (Å²) in [6.45, 7) is 4.39. The van der Waals surface area contributed by atoms with Gasteiger partial charge in [-0.25, -0.2) is 0 Å². The summed E-state index contributed by atoms with van der Waals surface area (Å²) in [6.07, 6.45) is 1.74. The molecular weight excluding hydrogens is 360 g/mol. The van der Waals surface area contributed by atoms with Crippen molar-refractivity contribution in [1.82, 2.24) is 24.9 Å². The number of amides is 2. The van der Waals surface area contributed by atoms with Crippen molar-refractivity contribution >= 4 is 17.6 Å². The lowest BCUT2D eigenvalue weighted by molar-refractivity contribution is -0.128. The Balaban J connectivity index is 1.47. The van der Waals surface area contributed by atoms with Gasteiger partial charge in [0.2, 0.25) is 11.8 Å². The molecule has 0 bridgehead atoms. The van der Waals surface area contributed by atoms with Crippen molar-refractivity contribution in [2.45, 2.75) is 26.8 Å². The zero-order valence-electron chi connectivity index (χ0n) is 15.6. The number of aryl methyl sites for hydroxylation is 2. The summed E-state index contributed by atoms with van der Waals surface area (Å²) in [6, 6.07) is 8.96. The minimum atomic E-state index is -0.435. The second-order valence-corrected chi connectivity index (χ2v) is 6.86. The number of aromatic nitrogens is 4. The smallest absolute Gasteiger partial charge is 0.230 e. The van der Waals surface area contributed by atoms with Crippen LogP contribution in [0.1, 0.15) is 23.6 Å². The predicted octanol–water partition coefficient (Wildman–Crippen LogP) is 1.86. The summed E-state index contributed by atoms with van der Waals surface area (Å²) in [5, 5.41) is 15.4. The average molecular weight is 380 g/mol. The second-order valence-electron chi connectivity index (χ2n) is 6.86. The minimum Gasteiger partial charge on any atom is -0.467 e. The first-order chi connectivity index (χ1) is 13.5. The summed E-state index contributed by atoms with van der Waals surface area (Å²) >= 11 is 0. The summed E-state index contributed by atoms with van der Waals surface area (Å²) in [5.41, 5.74) is 1.53. The summed E-state index contributed by atoms with van der Waals surface area (Å²) in [7, 11) is 0. The van der Waals surface area contributed by atoms with Crippen LogP contribution < -0.4 is 5.32 Å². The molecule has 9 heteroatoms. The maximum Gasteiger partial charge on any atom is 0.230 e. The molecule has 1 aliphatic rings. The summed E-state index contributed by atoms with van der Waals surface area (Å²) < 4.78 is 6.83. The van der Waals surface area contributed by atoms with Gasteiger partial charge in [0.05, 0.1) is 30.1 Å². The van der Waals surface area contributed by atoms with Crippen LogP contribution in [0.4, 0.5) is 5.82 Å². The molecular formula is C19H20N6O3. The van der Waals surface area contributed by atoms with Crippen LogP contribution in [-0.2, 0) is 16.1 Å². The molecule has 4 rings (SSSR count). The number of carbonyl (C=O) groups excluding carboxylic acids is 2. The lowest BCUT2D eigenvalue weighted by Crippen LogP contribution is -2.28. The second kappa shape index (κ2) is 7.26. The van der Waals surface area contributed by atoms with Gasteiger partial charge in [-0.2, -0.15) is 14.9 Å². The highest BCUT2D eigenvalue weighted by molar-refractivity contribution is 5.96. The Morgan fingerprint density at radius 3 is 2.82 bits per heavy atom. The van der Waals surface area contributed by atoms with E-state index >= 15 is 0 Å². The van der Waals surface area contributed by atoms with Crippen molar-refractivity contribution in [2.24, 2.45) is 5.92 Å². The Morgan fingerprint density at radius 2 is 2.11 bits per heavy atom. The van der Waals surface area contributed by atoms with Crippen LogP contribution in [0.15, 0.2) is 41.0 Å². The molecule has 3 aromatic heterocycles. The molecule has 1 N–H and O–H groups in total. The van der Waals surface area contributed by atoms with E-state index in [1.54, 1.807) is 29.4 Å². The Bertz CT molecular complexity index is 993. The number of likely N-dealkylation sites (tertiary alicyclic amines) is 1. The molecule has 1 saturated heterocycles. The van der Waals surface area contributed by atoms with Crippen molar-refractivity contribution in [2.75, 3.05) is 11.9 Å². The first-order valence-electron chi connectivity index (χ1n) is 8.98. The number of nitrogens with one attached hydrogen (secondary N) is 1. The van der Waals surface area contributed by atoms with E-state index in [1.165, 1.54) is 4.68 Å². The monoisotopic (exact) mass is 380 g/mol. The third-order valence-corrected chi connectivity index (χ3v) is 4.60. The van der Waals surface area contributed by atoms with E-state index in [2.05, 4.69) is 20.6 Å². The number of anilines is 1. The third kappa shape index (κ3) is 3.64. The van der Waals surface area contributed by atoms with Crippen LogP contribution in [0.2, 0.25) is 0 Å². The van der Waals surface area contributed by atoms with Gasteiger partial charge < -0.3 is 14.6 Å². The zero-order valence-corrected chi connectivity index (χ0v) is 15.6. The molecule has 0 aliphatic carbocycles. The van der Waals surface area contributed by atoms with Gasteiger partial charge in [0.1, 0.15) is 11.6 Å². The maximum atomic E-state index is 12.8. The van der Waals surface area contributed by atoms with Gasteiger partial charge >= 0.3 is 0 Å². The Morgan fingerprint density at radius 1 is 1.25 bits per heavy atom. The molecule has 144 valence electrons. The molecule has 0 spiro atoms. The van der Waals surface area contributed by atoms with Crippen molar-refractivity contribution in [3.05, 3.63) is 53.7 Å². The van der Waals surface area contributed by atoms with Crippen LogP contribution in [0, 0.1) is 19.8 Å². The Kier molecular flexibility index (Phi) is 4.64. The van der Waals surface area contributed by atoms with Gasteiger partial charge in [0, 0.05) is 19.0 Å². The number of hydrogen-bond acceptors (Lipinski definition) is 6. The molecule has 1 atom stereocenters. The van der Waals surface area contributed by atoms with E-state index in [1.807, 2.05) is 26.0 Å². The number of nitrogens with zero attached hydrogens (tertiary/aromatic N) is 5. The molecule has 1 aliphatic heterocycles. The molecule has 0 aromatic carbocycles. The molecule has 2 amide bonds. The first-order valence-corrected chi connectivity index (χ1v) is 8.98. The van der Waals surface area contributed by atoms with Crippen LogP contribution in [-0.4, -0.2) is 43.2 Å².